The summed E-state index contributed by atoms with van der Waals surface area (Å²) in [6.07, 6.45) is 1.98. The summed E-state index contributed by atoms with van der Waals surface area (Å²) >= 11 is 1.13. The second-order valence-corrected chi connectivity index (χ2v) is 12.9. The van der Waals surface area contributed by atoms with E-state index in [9.17, 15) is 24.0 Å². The molecule has 4 rings (SSSR count). The minimum atomic E-state index is -1.59. The summed E-state index contributed by atoms with van der Waals surface area (Å²) in [5.41, 5.74) is -3.10. The number of methoxy groups -OCH3 is 1. The number of hydrogen-bond acceptors (Lipinski definition) is 9. The number of aromatic nitrogens is 5. The van der Waals surface area contributed by atoms with E-state index in [0.29, 0.717) is 26.7 Å². The molecule has 234 valence electrons. The molecule has 0 aliphatic heterocycles. The molecule has 3 heterocycles. The average molecular weight is 626 g/mol. The van der Waals surface area contributed by atoms with Crippen LogP contribution in [0.3, 0.4) is 0 Å². The molecule has 0 spiro atoms. The molecule has 0 aliphatic rings. The minimum Gasteiger partial charge on any atom is -0.496 e. The van der Waals surface area contributed by atoms with E-state index in [1.54, 1.807) is 34.6 Å². The number of nitriles is 1. The van der Waals surface area contributed by atoms with E-state index in [1.807, 2.05) is 0 Å². The molecule has 0 aliphatic carbocycles. The first kappa shape index (κ1) is 32.6. The highest BCUT2D eigenvalue weighted by molar-refractivity contribution is 7.21. The molecule has 44 heavy (non-hydrogen) atoms. The van der Waals surface area contributed by atoms with Gasteiger partial charge >= 0.3 is 5.69 Å². The van der Waals surface area contributed by atoms with E-state index in [0.717, 1.165) is 15.9 Å². The average Bonchev–Trinajstić information content (AvgIpc) is 3.60. The van der Waals surface area contributed by atoms with Crippen molar-refractivity contribution in [1.82, 2.24) is 29.4 Å². The van der Waals surface area contributed by atoms with E-state index in [1.165, 1.54) is 60.9 Å². The highest BCUT2D eigenvalue weighted by Gasteiger charge is 2.36. The summed E-state index contributed by atoms with van der Waals surface area (Å²) in [6, 6.07) is 5.88. The number of aryl methyl sites for hydroxylation is 1. The molecule has 1 amide bonds. The molecule has 1 atom stereocenters. The first-order chi connectivity index (χ1) is 20.6. The van der Waals surface area contributed by atoms with Gasteiger partial charge in [0.1, 0.15) is 33.0 Å². The van der Waals surface area contributed by atoms with Gasteiger partial charge in [-0.2, -0.15) is 15.5 Å². The van der Waals surface area contributed by atoms with Gasteiger partial charge in [-0.15, -0.1) is 4.80 Å². The van der Waals surface area contributed by atoms with E-state index in [-0.39, 0.29) is 24.6 Å². The van der Waals surface area contributed by atoms with Gasteiger partial charge in [-0.1, -0.05) is 11.3 Å². The monoisotopic (exact) mass is 625 g/mol. The number of carbonyl (C=O) groups is 1. The maximum Gasteiger partial charge on any atom is 0.333 e. The Balaban J connectivity index is 2.04. The molecule has 0 saturated heterocycles. The van der Waals surface area contributed by atoms with Crippen molar-refractivity contribution < 1.29 is 18.7 Å². The lowest BCUT2D eigenvalue weighted by atomic mass is 9.97. The fraction of sp³-hybridized carbons (Fsp3) is 0.467. The number of carbonyl (C=O) groups excluding carboxylic acids is 1. The van der Waals surface area contributed by atoms with Crippen LogP contribution >= 0.6 is 11.3 Å². The lowest BCUT2D eigenvalue weighted by molar-refractivity contribution is -0.129. The first-order valence-electron chi connectivity index (χ1n) is 14.0. The third kappa shape index (κ3) is 6.15. The van der Waals surface area contributed by atoms with Gasteiger partial charge in [0.05, 0.1) is 49.5 Å². The van der Waals surface area contributed by atoms with Crippen LogP contribution in [0.4, 0.5) is 4.39 Å². The van der Waals surface area contributed by atoms with Crippen molar-refractivity contribution in [2.24, 2.45) is 5.41 Å². The quantitative estimate of drug-likeness (QED) is 0.265. The highest BCUT2D eigenvalue weighted by Crippen LogP contribution is 2.35. The molecular weight excluding hydrogens is 589 g/mol. The number of nitrogens with zero attached hydrogens (tertiary/aromatic N) is 6. The van der Waals surface area contributed by atoms with E-state index < -0.39 is 40.0 Å². The summed E-state index contributed by atoms with van der Waals surface area (Å²) in [5, 5.41) is 21.5. The van der Waals surface area contributed by atoms with Crippen molar-refractivity contribution in [3.63, 3.8) is 0 Å². The first-order valence-corrected chi connectivity index (χ1v) is 14.8. The summed E-state index contributed by atoms with van der Waals surface area (Å²) in [5.74, 6) is -0.763. The number of fused-ring (bicyclic) bond motifs is 1. The molecule has 0 radical (unpaired) electrons. The standard InChI is InChI=1S/C30H36FN7O5S/c1-17(2)35-27(40)30(6,7)37-24(39)23-18(3)25(38-33-11-12-34-38)44-26(23)36(28(37)41)14-22(43-16-29(4,5)15-32)20-13-19(31)9-10-21(20)42-8/h9-13,17,22H,14,16H2,1-8H3,(H,35,40). The SMILES string of the molecule is COc1ccc(F)cc1C(Cn1c(=O)n(C(C)(C)C(=O)NC(C)C)c(=O)c2c(C)c(-n3nccn3)sc21)OCC(C)(C)C#N. The summed E-state index contributed by atoms with van der Waals surface area (Å²) < 4.78 is 28.6. The van der Waals surface area contributed by atoms with Gasteiger partial charge in [0, 0.05) is 17.2 Å². The molecule has 1 unspecified atom stereocenters. The molecule has 12 nitrogen and oxygen atoms in total. The normalized spacial score (nSPS) is 12.8. The zero-order chi connectivity index (χ0) is 32.6. The van der Waals surface area contributed by atoms with Crippen LogP contribution < -0.4 is 21.3 Å². The van der Waals surface area contributed by atoms with Crippen molar-refractivity contribution in [3.05, 3.63) is 68.4 Å². The van der Waals surface area contributed by atoms with Gasteiger partial charge in [-0.05, 0) is 66.7 Å². The Bertz CT molecular complexity index is 1850. The van der Waals surface area contributed by atoms with Crippen LogP contribution in [-0.4, -0.2) is 49.8 Å². The van der Waals surface area contributed by atoms with Crippen LogP contribution in [0.2, 0.25) is 0 Å². The number of halogens is 1. The highest BCUT2D eigenvalue weighted by atomic mass is 32.1. The van der Waals surface area contributed by atoms with Crippen LogP contribution in [0.25, 0.3) is 15.2 Å². The predicted molar refractivity (Wildman–Crippen MR) is 164 cm³/mol. The molecule has 0 saturated carbocycles. The second-order valence-electron chi connectivity index (χ2n) is 11.9. The fourth-order valence-corrected chi connectivity index (χ4v) is 5.96. The van der Waals surface area contributed by atoms with Gasteiger partial charge in [-0.3, -0.25) is 14.2 Å². The summed E-state index contributed by atoms with van der Waals surface area (Å²) in [7, 11) is 1.43. The number of amides is 1. The van der Waals surface area contributed by atoms with E-state index in [2.05, 4.69) is 21.6 Å². The Morgan fingerprint density at radius 1 is 1.18 bits per heavy atom. The minimum absolute atomic E-state index is 0.0560. The smallest absolute Gasteiger partial charge is 0.333 e. The Labute approximate surface area is 257 Å². The Morgan fingerprint density at radius 2 is 1.84 bits per heavy atom. The maximum absolute atomic E-state index is 14.6. The van der Waals surface area contributed by atoms with Crippen LogP contribution in [0.5, 0.6) is 5.75 Å². The molecule has 4 aromatic rings. The maximum atomic E-state index is 14.6. The number of benzene rings is 1. The van der Waals surface area contributed by atoms with Crippen molar-refractivity contribution in [3.8, 4) is 16.8 Å². The van der Waals surface area contributed by atoms with E-state index in [4.69, 9.17) is 9.47 Å². The molecule has 0 fully saturated rings. The Morgan fingerprint density at radius 3 is 2.43 bits per heavy atom. The van der Waals surface area contributed by atoms with Crippen LogP contribution in [0.15, 0.2) is 40.2 Å². The third-order valence-corrected chi connectivity index (χ3v) is 8.44. The number of ether oxygens (including phenoxy) is 2. The zero-order valence-electron chi connectivity index (χ0n) is 26.0. The Kier molecular flexibility index (Phi) is 9.13. The summed E-state index contributed by atoms with van der Waals surface area (Å²) in [6.45, 7) is 11.4. The number of hydrogen-bond donors (Lipinski definition) is 1. The lowest BCUT2D eigenvalue weighted by Gasteiger charge is -2.29. The van der Waals surface area contributed by atoms with Crippen molar-refractivity contribution in [2.75, 3.05) is 13.7 Å². The molecular formula is C30H36FN7O5S. The number of rotatable bonds is 11. The molecule has 14 heteroatoms. The summed E-state index contributed by atoms with van der Waals surface area (Å²) in [4.78, 5) is 43.5. The van der Waals surface area contributed by atoms with Crippen molar-refractivity contribution in [2.45, 2.75) is 72.7 Å². The topological polar surface area (TPSA) is 146 Å². The van der Waals surface area contributed by atoms with Crippen LogP contribution in [0, 0.1) is 29.5 Å². The second kappa shape index (κ2) is 12.3. The van der Waals surface area contributed by atoms with Gasteiger partial charge < -0.3 is 14.8 Å². The zero-order valence-corrected chi connectivity index (χ0v) is 26.8. The molecule has 3 aromatic heterocycles. The predicted octanol–water partition coefficient (Wildman–Crippen LogP) is 3.83. The Hall–Kier alpha value is -4.35. The third-order valence-electron chi connectivity index (χ3n) is 7.16. The van der Waals surface area contributed by atoms with Gasteiger partial charge in [-0.25, -0.2) is 13.8 Å². The van der Waals surface area contributed by atoms with Gasteiger partial charge in [0.25, 0.3) is 5.56 Å². The fourth-order valence-electron chi connectivity index (χ4n) is 4.75. The number of nitrogens with one attached hydrogen (secondary N) is 1. The van der Waals surface area contributed by atoms with Crippen molar-refractivity contribution in [1.29, 1.82) is 5.26 Å². The van der Waals surface area contributed by atoms with Crippen LogP contribution in [0.1, 0.15) is 58.8 Å². The molecule has 0 bridgehead atoms. The van der Waals surface area contributed by atoms with Crippen LogP contribution in [-0.2, 0) is 21.6 Å². The lowest BCUT2D eigenvalue weighted by Crippen LogP contribution is -2.56. The molecule has 1 N–H and O–H groups in total. The van der Waals surface area contributed by atoms with Gasteiger partial charge in [0.2, 0.25) is 5.91 Å². The molecule has 1 aromatic carbocycles. The van der Waals surface area contributed by atoms with Gasteiger partial charge in [0.15, 0.2) is 0 Å². The van der Waals surface area contributed by atoms with E-state index >= 15 is 0 Å². The number of thiophene rings is 1. The largest absolute Gasteiger partial charge is 0.496 e. The van der Waals surface area contributed by atoms with Crippen molar-refractivity contribution >= 4 is 27.5 Å².